The summed E-state index contributed by atoms with van der Waals surface area (Å²) >= 11 is 5.88. The van der Waals surface area contributed by atoms with E-state index in [9.17, 15) is 14.7 Å². The molecule has 164 valence electrons. The van der Waals surface area contributed by atoms with E-state index >= 15 is 0 Å². The van der Waals surface area contributed by atoms with Crippen molar-refractivity contribution < 1.29 is 14.7 Å². The maximum Gasteiger partial charge on any atom is 0.407 e. The first-order valence-corrected chi connectivity index (χ1v) is 10.5. The molecule has 1 saturated heterocycles. The van der Waals surface area contributed by atoms with Crippen LogP contribution in [-0.4, -0.2) is 67.9 Å². The van der Waals surface area contributed by atoms with Crippen LogP contribution in [0.15, 0.2) is 42.9 Å². The minimum Gasteiger partial charge on any atom is -0.465 e. The van der Waals surface area contributed by atoms with Crippen LogP contribution in [0.25, 0.3) is 5.82 Å². The van der Waals surface area contributed by atoms with Crippen LogP contribution in [0.5, 0.6) is 0 Å². The molecule has 1 N–H and O–H groups in total. The molecule has 0 saturated carbocycles. The van der Waals surface area contributed by atoms with Crippen molar-refractivity contribution in [2.75, 3.05) is 29.9 Å². The van der Waals surface area contributed by atoms with Crippen LogP contribution in [0, 0.1) is 0 Å². The Hall–Kier alpha value is -3.66. The minimum atomic E-state index is -0.930. The number of hydrogen-bond acceptors (Lipinski definition) is 6. The number of amides is 2. The number of fused-ring (bicyclic) bond motifs is 1. The van der Waals surface area contributed by atoms with Crippen LogP contribution < -0.4 is 9.80 Å². The fourth-order valence-corrected chi connectivity index (χ4v) is 4.16. The van der Waals surface area contributed by atoms with E-state index < -0.39 is 6.09 Å². The Labute approximate surface area is 188 Å². The van der Waals surface area contributed by atoms with E-state index in [0.717, 1.165) is 24.3 Å². The van der Waals surface area contributed by atoms with Gasteiger partial charge in [-0.1, -0.05) is 11.6 Å². The second-order valence-electron chi connectivity index (χ2n) is 7.83. The topological polar surface area (TPSA) is 108 Å². The lowest BCUT2D eigenvalue weighted by atomic mass is 10.2. The summed E-state index contributed by atoms with van der Waals surface area (Å²) in [5.74, 6) is 1.16. The zero-order valence-electron chi connectivity index (χ0n) is 17.2. The van der Waals surface area contributed by atoms with Gasteiger partial charge in [0.2, 0.25) is 0 Å². The predicted octanol–water partition coefficient (Wildman–Crippen LogP) is 2.66. The first-order chi connectivity index (χ1) is 15.4. The lowest BCUT2D eigenvalue weighted by molar-refractivity contribution is 0.0991. The molecule has 0 radical (unpaired) electrons. The van der Waals surface area contributed by atoms with Crippen LogP contribution in [0.3, 0.4) is 0 Å². The van der Waals surface area contributed by atoms with Crippen molar-refractivity contribution in [1.29, 1.82) is 0 Å². The van der Waals surface area contributed by atoms with Crippen LogP contribution in [0.4, 0.5) is 16.3 Å². The molecule has 3 aromatic rings. The highest BCUT2D eigenvalue weighted by atomic mass is 35.5. The van der Waals surface area contributed by atoms with Gasteiger partial charge in [-0.05, 0) is 30.7 Å². The molecule has 0 aliphatic carbocycles. The van der Waals surface area contributed by atoms with Crippen LogP contribution in [-0.2, 0) is 6.54 Å². The number of carbonyl (C=O) groups excluding carboxylic acids is 1. The van der Waals surface area contributed by atoms with E-state index in [-0.39, 0.29) is 11.9 Å². The zero-order valence-corrected chi connectivity index (χ0v) is 18.0. The Morgan fingerprint density at radius 2 is 1.97 bits per heavy atom. The van der Waals surface area contributed by atoms with Crippen molar-refractivity contribution in [1.82, 2.24) is 24.6 Å². The number of carboxylic acid groups (broad SMARTS) is 1. The third-order valence-corrected chi connectivity index (χ3v) is 6.12. The number of rotatable bonds is 4. The summed E-state index contributed by atoms with van der Waals surface area (Å²) < 4.78 is 1.58. The summed E-state index contributed by atoms with van der Waals surface area (Å²) in [5.41, 5.74) is 1.89. The number of aromatic nitrogens is 4. The van der Waals surface area contributed by atoms with Crippen molar-refractivity contribution in [3.05, 3.63) is 59.1 Å². The van der Waals surface area contributed by atoms with E-state index in [2.05, 4.69) is 20.0 Å². The van der Waals surface area contributed by atoms with Crippen LogP contribution >= 0.6 is 11.6 Å². The Balaban J connectivity index is 1.28. The Kier molecular flexibility index (Phi) is 4.93. The molecule has 2 amide bonds. The van der Waals surface area contributed by atoms with E-state index in [4.69, 9.17) is 11.6 Å². The summed E-state index contributed by atoms with van der Waals surface area (Å²) in [6.07, 6.45) is 4.83. The first-order valence-electron chi connectivity index (χ1n) is 10.1. The molecule has 2 aliphatic heterocycles. The molecule has 1 atom stereocenters. The smallest absolute Gasteiger partial charge is 0.407 e. The molecule has 10 nitrogen and oxygen atoms in total. The monoisotopic (exact) mass is 453 g/mol. The van der Waals surface area contributed by atoms with Crippen molar-refractivity contribution in [3.8, 4) is 5.82 Å². The molecule has 1 fully saturated rings. The van der Waals surface area contributed by atoms with Crippen LogP contribution in [0.2, 0.25) is 5.02 Å². The van der Waals surface area contributed by atoms with Crippen molar-refractivity contribution in [3.63, 3.8) is 0 Å². The Morgan fingerprint density at radius 3 is 2.62 bits per heavy atom. The van der Waals surface area contributed by atoms with Gasteiger partial charge in [0.15, 0.2) is 11.5 Å². The molecule has 0 aromatic carbocycles. The van der Waals surface area contributed by atoms with Crippen LogP contribution in [0.1, 0.15) is 22.5 Å². The highest BCUT2D eigenvalue weighted by molar-refractivity contribution is 6.30. The summed E-state index contributed by atoms with van der Waals surface area (Å²) in [6.45, 7) is 1.73. The first kappa shape index (κ1) is 20.3. The van der Waals surface area contributed by atoms with E-state index in [0.29, 0.717) is 35.3 Å². The quantitative estimate of drug-likeness (QED) is 0.647. The zero-order chi connectivity index (χ0) is 22.4. The molecule has 2 aliphatic rings. The number of anilines is 2. The summed E-state index contributed by atoms with van der Waals surface area (Å²) in [7, 11) is 1.59. The van der Waals surface area contributed by atoms with Gasteiger partial charge in [-0.15, -0.1) is 0 Å². The molecule has 0 bridgehead atoms. The maximum atomic E-state index is 12.9. The van der Waals surface area contributed by atoms with Gasteiger partial charge < -0.3 is 19.8 Å². The summed E-state index contributed by atoms with van der Waals surface area (Å²) in [4.78, 5) is 37.9. The van der Waals surface area contributed by atoms with Gasteiger partial charge in [0, 0.05) is 38.1 Å². The number of nitrogens with zero attached hydrogens (tertiary/aromatic N) is 7. The SMILES string of the molecule is CN(C(=O)O)C1CCN(c2ccc(N3Cc4cn(-c5ccc(Cl)cn5)nc4C3=O)cn2)C1. The second-order valence-corrected chi connectivity index (χ2v) is 8.27. The molecule has 32 heavy (non-hydrogen) atoms. The molecule has 5 rings (SSSR count). The number of likely N-dealkylation sites (N-methyl/N-ethyl adjacent to an activating group) is 1. The second kappa shape index (κ2) is 7.79. The van der Waals surface area contributed by atoms with E-state index in [1.807, 2.05) is 12.1 Å². The minimum absolute atomic E-state index is 0.0588. The van der Waals surface area contributed by atoms with Gasteiger partial charge in [-0.25, -0.2) is 19.4 Å². The molecule has 1 unspecified atom stereocenters. The largest absolute Gasteiger partial charge is 0.465 e. The van der Waals surface area contributed by atoms with E-state index in [1.54, 1.807) is 41.2 Å². The predicted molar refractivity (Wildman–Crippen MR) is 118 cm³/mol. The Bertz CT molecular complexity index is 1180. The Morgan fingerprint density at radius 1 is 1.19 bits per heavy atom. The third kappa shape index (κ3) is 3.52. The number of hydrogen-bond donors (Lipinski definition) is 1. The summed E-state index contributed by atoms with van der Waals surface area (Å²) in [6, 6.07) is 7.12. The molecular weight excluding hydrogens is 434 g/mol. The highest BCUT2D eigenvalue weighted by Crippen LogP contribution is 2.29. The van der Waals surface area contributed by atoms with Crippen molar-refractivity contribution in [2.24, 2.45) is 0 Å². The number of carbonyl (C=O) groups is 2. The molecular formula is C21H20ClN7O3. The number of halogens is 1. The molecule has 3 aromatic heterocycles. The van der Waals surface area contributed by atoms with Crippen molar-refractivity contribution >= 4 is 35.1 Å². The maximum absolute atomic E-state index is 12.9. The summed E-state index contributed by atoms with van der Waals surface area (Å²) in [5, 5.41) is 14.1. The normalized spacial score (nSPS) is 17.7. The molecule has 11 heteroatoms. The molecule has 0 spiro atoms. The lowest BCUT2D eigenvalue weighted by Crippen LogP contribution is -2.38. The van der Waals surface area contributed by atoms with Gasteiger partial charge in [-0.3, -0.25) is 4.79 Å². The average molecular weight is 454 g/mol. The van der Waals surface area contributed by atoms with Crippen molar-refractivity contribution in [2.45, 2.75) is 19.0 Å². The third-order valence-electron chi connectivity index (χ3n) is 5.89. The highest BCUT2D eigenvalue weighted by Gasteiger charge is 2.33. The van der Waals surface area contributed by atoms with Gasteiger partial charge in [0.25, 0.3) is 5.91 Å². The van der Waals surface area contributed by atoms with Gasteiger partial charge in [0.1, 0.15) is 5.82 Å². The fraction of sp³-hybridized carbons (Fsp3) is 0.286. The molecule has 5 heterocycles. The van der Waals surface area contributed by atoms with Gasteiger partial charge in [-0.2, -0.15) is 5.10 Å². The lowest BCUT2D eigenvalue weighted by Gasteiger charge is -2.23. The average Bonchev–Trinajstić information content (AvgIpc) is 3.50. The van der Waals surface area contributed by atoms with E-state index in [1.165, 1.54) is 11.1 Å². The fourth-order valence-electron chi connectivity index (χ4n) is 4.05. The van der Waals surface area contributed by atoms with Gasteiger partial charge >= 0.3 is 6.09 Å². The number of pyridine rings is 2. The standard InChI is InChI=1S/C21H20ClN7O3/c1-26(21(31)32)16-6-7-27(12-16)17-5-3-15(9-24-17)28-10-13-11-29(25-19(13)20(28)30)18-4-2-14(22)8-23-18/h2-5,8-9,11,16H,6-7,10,12H2,1H3,(H,31,32). The van der Waals surface area contributed by atoms with Gasteiger partial charge in [0.05, 0.1) is 29.5 Å².